The maximum absolute atomic E-state index is 13.6. The molecule has 0 bridgehead atoms. The fraction of sp³-hybridized carbons (Fsp3) is 0.214. The summed E-state index contributed by atoms with van der Waals surface area (Å²) in [5.74, 6) is -0.287. The summed E-state index contributed by atoms with van der Waals surface area (Å²) in [4.78, 5) is 28.4. The normalized spacial score (nSPS) is 14.0. The van der Waals surface area contributed by atoms with Crippen LogP contribution in [0, 0.1) is 20.8 Å². The third kappa shape index (κ3) is 3.84. The number of amides is 2. The minimum Gasteiger partial charge on any atom is -0.350 e. The molecule has 4 nitrogen and oxygen atoms in total. The standard InChI is InChI=1S/C28H28N2O2/c1-17(2)21-13-15-23(16-14-21)30-27(31)25(22-11-9-18(3)10-12-22)26(28(30)32)29-24-8-6-7-19(4)20(24)5/h6-17,29H,1-5H3. The highest BCUT2D eigenvalue weighted by Gasteiger charge is 2.40. The van der Waals surface area contributed by atoms with Crippen molar-refractivity contribution < 1.29 is 9.59 Å². The van der Waals surface area contributed by atoms with E-state index in [1.807, 2.05) is 87.5 Å². The number of nitrogens with zero attached hydrogens (tertiary/aromatic N) is 1. The van der Waals surface area contributed by atoms with Gasteiger partial charge in [0.05, 0.1) is 11.3 Å². The number of aryl methyl sites for hydroxylation is 2. The van der Waals surface area contributed by atoms with Gasteiger partial charge in [0.15, 0.2) is 0 Å². The van der Waals surface area contributed by atoms with Gasteiger partial charge in [-0.1, -0.05) is 67.9 Å². The summed E-state index contributed by atoms with van der Waals surface area (Å²) < 4.78 is 0. The summed E-state index contributed by atoms with van der Waals surface area (Å²) >= 11 is 0. The van der Waals surface area contributed by atoms with Gasteiger partial charge in [-0.3, -0.25) is 9.59 Å². The molecular formula is C28H28N2O2. The summed E-state index contributed by atoms with van der Waals surface area (Å²) in [7, 11) is 0. The molecule has 0 saturated carbocycles. The lowest BCUT2D eigenvalue weighted by atomic mass is 10.0. The second kappa shape index (κ2) is 8.46. The number of hydrogen-bond acceptors (Lipinski definition) is 3. The predicted octanol–water partition coefficient (Wildman–Crippen LogP) is 6.13. The summed E-state index contributed by atoms with van der Waals surface area (Å²) in [5.41, 5.74) is 7.24. The number of carbonyl (C=O) groups excluding carboxylic acids is 2. The van der Waals surface area contributed by atoms with Crippen molar-refractivity contribution in [3.63, 3.8) is 0 Å². The van der Waals surface area contributed by atoms with E-state index in [1.54, 1.807) is 0 Å². The molecule has 32 heavy (non-hydrogen) atoms. The Morgan fingerprint density at radius 3 is 2.06 bits per heavy atom. The van der Waals surface area contributed by atoms with Gasteiger partial charge in [-0.15, -0.1) is 0 Å². The predicted molar refractivity (Wildman–Crippen MR) is 131 cm³/mol. The van der Waals surface area contributed by atoms with E-state index in [-0.39, 0.29) is 11.8 Å². The first-order valence-electron chi connectivity index (χ1n) is 10.9. The van der Waals surface area contributed by atoms with Crippen molar-refractivity contribution in [2.24, 2.45) is 0 Å². The van der Waals surface area contributed by atoms with Crippen molar-refractivity contribution in [1.82, 2.24) is 0 Å². The van der Waals surface area contributed by atoms with Gasteiger partial charge in [-0.05, 0) is 67.1 Å². The van der Waals surface area contributed by atoms with E-state index in [9.17, 15) is 9.59 Å². The molecule has 1 aliphatic heterocycles. The maximum atomic E-state index is 13.6. The number of rotatable bonds is 5. The van der Waals surface area contributed by atoms with E-state index in [4.69, 9.17) is 0 Å². The van der Waals surface area contributed by atoms with Crippen LogP contribution in [0.4, 0.5) is 11.4 Å². The number of carbonyl (C=O) groups is 2. The molecule has 0 unspecified atom stereocenters. The monoisotopic (exact) mass is 424 g/mol. The zero-order valence-electron chi connectivity index (χ0n) is 19.2. The van der Waals surface area contributed by atoms with Crippen LogP contribution in [0.25, 0.3) is 5.57 Å². The molecule has 0 radical (unpaired) electrons. The second-order valence-electron chi connectivity index (χ2n) is 8.68. The minimum absolute atomic E-state index is 0.306. The summed E-state index contributed by atoms with van der Waals surface area (Å²) in [6.45, 7) is 10.3. The lowest BCUT2D eigenvalue weighted by molar-refractivity contribution is -0.120. The molecule has 0 spiro atoms. The third-order valence-corrected chi connectivity index (χ3v) is 6.11. The first-order valence-corrected chi connectivity index (χ1v) is 10.9. The average molecular weight is 425 g/mol. The van der Waals surface area contributed by atoms with Crippen LogP contribution in [0.2, 0.25) is 0 Å². The number of hydrogen-bond donors (Lipinski definition) is 1. The molecule has 162 valence electrons. The largest absolute Gasteiger partial charge is 0.350 e. The molecule has 4 rings (SSSR count). The van der Waals surface area contributed by atoms with Crippen molar-refractivity contribution in [2.45, 2.75) is 40.5 Å². The van der Waals surface area contributed by atoms with Gasteiger partial charge in [-0.25, -0.2) is 4.90 Å². The highest BCUT2D eigenvalue weighted by molar-refractivity contribution is 6.46. The van der Waals surface area contributed by atoms with Gasteiger partial charge < -0.3 is 5.32 Å². The fourth-order valence-corrected chi connectivity index (χ4v) is 3.90. The van der Waals surface area contributed by atoms with E-state index in [1.165, 1.54) is 4.90 Å². The van der Waals surface area contributed by atoms with Crippen LogP contribution in [0.1, 0.15) is 47.6 Å². The number of nitrogens with one attached hydrogen (secondary N) is 1. The highest BCUT2D eigenvalue weighted by atomic mass is 16.2. The Labute approximate surface area is 189 Å². The first kappa shape index (κ1) is 21.6. The lowest BCUT2D eigenvalue weighted by Crippen LogP contribution is -2.32. The quantitative estimate of drug-likeness (QED) is 0.501. The molecule has 0 aliphatic carbocycles. The van der Waals surface area contributed by atoms with Crippen molar-refractivity contribution in [3.8, 4) is 0 Å². The molecule has 0 aromatic heterocycles. The molecule has 0 saturated heterocycles. The van der Waals surface area contributed by atoms with Crippen LogP contribution >= 0.6 is 0 Å². The average Bonchev–Trinajstić information content (AvgIpc) is 3.01. The van der Waals surface area contributed by atoms with E-state index in [0.29, 0.717) is 22.9 Å². The molecule has 2 amide bonds. The van der Waals surface area contributed by atoms with Gasteiger partial charge in [0, 0.05) is 5.69 Å². The van der Waals surface area contributed by atoms with Crippen molar-refractivity contribution in [1.29, 1.82) is 0 Å². The Kier molecular flexibility index (Phi) is 5.70. The number of imide groups is 1. The summed E-state index contributed by atoms with van der Waals surface area (Å²) in [6.07, 6.45) is 0. The molecule has 3 aromatic carbocycles. The van der Waals surface area contributed by atoms with Gasteiger partial charge in [0.2, 0.25) is 0 Å². The molecule has 3 aromatic rings. The van der Waals surface area contributed by atoms with Gasteiger partial charge >= 0.3 is 0 Å². The molecule has 1 aliphatic rings. The van der Waals surface area contributed by atoms with Gasteiger partial charge in [0.1, 0.15) is 5.70 Å². The van der Waals surface area contributed by atoms with Crippen molar-refractivity contribution >= 4 is 28.8 Å². The van der Waals surface area contributed by atoms with E-state index in [2.05, 4.69) is 19.2 Å². The van der Waals surface area contributed by atoms with Crippen LogP contribution in [-0.2, 0) is 9.59 Å². The van der Waals surface area contributed by atoms with E-state index >= 15 is 0 Å². The Morgan fingerprint density at radius 1 is 0.781 bits per heavy atom. The number of benzene rings is 3. The molecule has 0 atom stereocenters. The zero-order valence-corrected chi connectivity index (χ0v) is 19.2. The molecule has 1 N–H and O–H groups in total. The smallest absolute Gasteiger partial charge is 0.282 e. The van der Waals surface area contributed by atoms with Gasteiger partial charge in [0.25, 0.3) is 11.8 Å². The molecule has 1 heterocycles. The van der Waals surface area contributed by atoms with Crippen LogP contribution < -0.4 is 10.2 Å². The summed E-state index contributed by atoms with van der Waals surface area (Å²) in [6, 6.07) is 21.2. The Bertz CT molecular complexity index is 1220. The number of anilines is 2. The highest BCUT2D eigenvalue weighted by Crippen LogP contribution is 2.35. The third-order valence-electron chi connectivity index (χ3n) is 6.11. The van der Waals surface area contributed by atoms with Crippen LogP contribution in [0.5, 0.6) is 0 Å². The van der Waals surface area contributed by atoms with Crippen molar-refractivity contribution in [3.05, 3.63) is 100 Å². The molecular weight excluding hydrogens is 396 g/mol. The van der Waals surface area contributed by atoms with Crippen LogP contribution in [0.3, 0.4) is 0 Å². The SMILES string of the molecule is Cc1ccc(C2=C(Nc3cccc(C)c3C)C(=O)N(c3ccc(C(C)C)cc3)C2=O)cc1. The Morgan fingerprint density at radius 2 is 1.44 bits per heavy atom. The minimum atomic E-state index is -0.344. The van der Waals surface area contributed by atoms with E-state index in [0.717, 1.165) is 33.5 Å². The molecule has 4 heteroatoms. The lowest BCUT2D eigenvalue weighted by Gasteiger charge is -2.17. The van der Waals surface area contributed by atoms with E-state index < -0.39 is 0 Å². The molecule has 0 fully saturated rings. The first-order chi connectivity index (χ1) is 15.3. The summed E-state index contributed by atoms with van der Waals surface area (Å²) in [5, 5.41) is 3.29. The Balaban J connectivity index is 1.81. The van der Waals surface area contributed by atoms with Crippen molar-refractivity contribution in [2.75, 3.05) is 10.2 Å². The second-order valence-corrected chi connectivity index (χ2v) is 8.68. The maximum Gasteiger partial charge on any atom is 0.282 e. The van der Waals surface area contributed by atoms with Gasteiger partial charge in [-0.2, -0.15) is 0 Å². The van der Waals surface area contributed by atoms with Crippen LogP contribution in [-0.4, -0.2) is 11.8 Å². The van der Waals surface area contributed by atoms with Crippen LogP contribution in [0.15, 0.2) is 72.4 Å². The Hall–Kier alpha value is -3.66. The topological polar surface area (TPSA) is 49.4 Å². The zero-order chi connectivity index (χ0) is 23.0. The fourth-order valence-electron chi connectivity index (χ4n) is 3.90.